The maximum atomic E-state index is 11.3. The summed E-state index contributed by atoms with van der Waals surface area (Å²) in [5.41, 5.74) is 0. The van der Waals surface area contributed by atoms with Crippen molar-refractivity contribution in [2.45, 2.75) is 103 Å². The molecule has 0 aromatic carbocycles. The molecule has 0 heterocycles. The Morgan fingerprint density at radius 3 is 2.59 bits per heavy atom. The quantitative estimate of drug-likeness (QED) is 0.213. The van der Waals surface area contributed by atoms with E-state index in [-0.39, 0.29) is 17.8 Å². The molecular formula is C24H42O5. The van der Waals surface area contributed by atoms with Crippen LogP contribution in [0.2, 0.25) is 0 Å². The first-order chi connectivity index (χ1) is 14.0. The highest BCUT2D eigenvalue weighted by Crippen LogP contribution is 2.36. The Hall–Kier alpha value is -1.17. The van der Waals surface area contributed by atoms with E-state index in [1.807, 2.05) is 13.0 Å². The molecule has 0 amide bonds. The van der Waals surface area contributed by atoms with E-state index < -0.39 is 18.3 Å². The molecule has 0 saturated heterocycles. The first kappa shape index (κ1) is 25.9. The minimum atomic E-state index is -0.555. The van der Waals surface area contributed by atoms with Gasteiger partial charge in [0.15, 0.2) is 0 Å². The number of aliphatic hydroxyl groups is 3. The highest BCUT2D eigenvalue weighted by Gasteiger charge is 2.39. The van der Waals surface area contributed by atoms with E-state index in [9.17, 15) is 20.1 Å². The lowest BCUT2D eigenvalue weighted by atomic mass is 9.89. The van der Waals surface area contributed by atoms with Crippen LogP contribution in [-0.2, 0) is 9.53 Å². The average molecular weight is 411 g/mol. The largest absolute Gasteiger partial charge is 0.466 e. The lowest BCUT2D eigenvalue weighted by Crippen LogP contribution is -2.20. The van der Waals surface area contributed by atoms with Crippen LogP contribution in [0.15, 0.2) is 24.3 Å². The smallest absolute Gasteiger partial charge is 0.305 e. The summed E-state index contributed by atoms with van der Waals surface area (Å²) in [4.78, 5) is 11.3. The molecular weight excluding hydrogens is 368 g/mol. The topological polar surface area (TPSA) is 87.0 Å². The van der Waals surface area contributed by atoms with Crippen LogP contribution < -0.4 is 0 Å². The molecule has 1 fully saturated rings. The van der Waals surface area contributed by atoms with Crippen LogP contribution in [-0.4, -0.2) is 46.2 Å². The molecule has 29 heavy (non-hydrogen) atoms. The number of allylic oxidation sites excluding steroid dienone is 2. The molecule has 5 atom stereocenters. The molecule has 1 saturated carbocycles. The number of carbonyl (C=O) groups excluding carboxylic acids is 1. The van der Waals surface area contributed by atoms with Gasteiger partial charge >= 0.3 is 5.97 Å². The summed E-state index contributed by atoms with van der Waals surface area (Å²) in [6, 6.07) is 0. The van der Waals surface area contributed by atoms with E-state index in [1.54, 1.807) is 6.08 Å². The first-order valence-corrected chi connectivity index (χ1v) is 11.5. The summed E-state index contributed by atoms with van der Waals surface area (Å²) < 4.78 is 5.14. The lowest BCUT2D eigenvalue weighted by Gasteiger charge is -2.19. The van der Waals surface area contributed by atoms with Gasteiger partial charge in [0.2, 0.25) is 0 Å². The van der Waals surface area contributed by atoms with E-state index in [4.69, 9.17) is 4.74 Å². The van der Waals surface area contributed by atoms with Gasteiger partial charge in [-0.2, -0.15) is 0 Å². The highest BCUT2D eigenvalue weighted by molar-refractivity contribution is 5.69. The van der Waals surface area contributed by atoms with Gasteiger partial charge in [-0.25, -0.2) is 0 Å². The standard InChI is InChI=1S/C24H42O5/c1-3-5-9-13-19(25)15-16-21-20(22(26)18-23(21)27)14-10-7-6-8-11-17-29-24(28)12-4-2/h7,10,15-16,19-23,25-27H,3-6,8-9,11-14,17-18H2,1-2H3/b10-7-,16-15+/t19-,20+,21+,22-,23+/m0/s1. The van der Waals surface area contributed by atoms with Gasteiger partial charge in [-0.05, 0) is 44.4 Å². The number of rotatable bonds is 15. The molecule has 5 heteroatoms. The first-order valence-electron chi connectivity index (χ1n) is 11.5. The Bertz CT molecular complexity index is 488. The van der Waals surface area contributed by atoms with Crippen LogP contribution >= 0.6 is 0 Å². The van der Waals surface area contributed by atoms with Gasteiger partial charge < -0.3 is 20.1 Å². The van der Waals surface area contributed by atoms with Crippen molar-refractivity contribution in [2.24, 2.45) is 11.8 Å². The SMILES string of the molecule is CCCCC[C@H](O)/C=C/[C@@H]1[C@@H](C/C=C\CCCCOC(=O)CCC)[C@@H](O)C[C@H]1O. The van der Waals surface area contributed by atoms with Gasteiger partial charge in [0.05, 0.1) is 24.9 Å². The van der Waals surface area contributed by atoms with Crippen molar-refractivity contribution in [3.8, 4) is 0 Å². The second kappa shape index (κ2) is 15.6. The van der Waals surface area contributed by atoms with Crippen LogP contribution in [0.5, 0.6) is 0 Å². The third kappa shape index (κ3) is 11.0. The number of esters is 1. The maximum absolute atomic E-state index is 11.3. The summed E-state index contributed by atoms with van der Waals surface area (Å²) in [5.74, 6) is -0.254. The van der Waals surface area contributed by atoms with E-state index in [0.29, 0.717) is 25.9 Å². The highest BCUT2D eigenvalue weighted by atomic mass is 16.5. The molecule has 0 radical (unpaired) electrons. The predicted molar refractivity (Wildman–Crippen MR) is 116 cm³/mol. The van der Waals surface area contributed by atoms with Gasteiger partial charge in [0, 0.05) is 18.8 Å². The number of unbranched alkanes of at least 4 members (excludes halogenated alkanes) is 4. The zero-order valence-electron chi connectivity index (χ0n) is 18.3. The van der Waals surface area contributed by atoms with Crippen LogP contribution in [0.4, 0.5) is 0 Å². The van der Waals surface area contributed by atoms with Crippen LogP contribution in [0.25, 0.3) is 0 Å². The number of hydrogen-bond donors (Lipinski definition) is 3. The number of hydrogen-bond acceptors (Lipinski definition) is 5. The Labute approximate surface area is 176 Å². The fraction of sp³-hybridized carbons (Fsp3) is 0.792. The summed E-state index contributed by atoms with van der Waals surface area (Å²) in [5, 5.41) is 30.7. The fourth-order valence-corrected chi connectivity index (χ4v) is 3.86. The maximum Gasteiger partial charge on any atom is 0.305 e. The molecule has 0 aromatic rings. The van der Waals surface area contributed by atoms with Gasteiger partial charge in [-0.15, -0.1) is 0 Å². The van der Waals surface area contributed by atoms with Crippen molar-refractivity contribution < 1.29 is 24.9 Å². The van der Waals surface area contributed by atoms with Crippen molar-refractivity contribution >= 4 is 5.97 Å². The summed E-state index contributed by atoms with van der Waals surface area (Å²) >= 11 is 0. The molecule has 0 bridgehead atoms. The van der Waals surface area contributed by atoms with Gasteiger partial charge in [0.25, 0.3) is 0 Å². The zero-order valence-corrected chi connectivity index (χ0v) is 18.3. The number of ether oxygens (including phenoxy) is 1. The van der Waals surface area contributed by atoms with Gasteiger partial charge in [-0.3, -0.25) is 4.79 Å². The third-order valence-electron chi connectivity index (χ3n) is 5.63. The van der Waals surface area contributed by atoms with Gasteiger partial charge in [-0.1, -0.05) is 57.4 Å². The minimum absolute atomic E-state index is 0.0182. The van der Waals surface area contributed by atoms with Gasteiger partial charge in [0.1, 0.15) is 0 Å². The van der Waals surface area contributed by atoms with Crippen molar-refractivity contribution in [1.29, 1.82) is 0 Å². The molecule has 0 spiro atoms. The Kier molecular flexibility index (Phi) is 14.0. The minimum Gasteiger partial charge on any atom is -0.466 e. The number of carbonyl (C=O) groups is 1. The fourth-order valence-electron chi connectivity index (χ4n) is 3.86. The predicted octanol–water partition coefficient (Wildman–Crippen LogP) is 4.30. The van der Waals surface area contributed by atoms with Crippen molar-refractivity contribution in [3.63, 3.8) is 0 Å². The molecule has 0 unspecified atom stereocenters. The third-order valence-corrected chi connectivity index (χ3v) is 5.63. The van der Waals surface area contributed by atoms with Crippen LogP contribution in [0.3, 0.4) is 0 Å². The Morgan fingerprint density at radius 2 is 1.86 bits per heavy atom. The summed E-state index contributed by atoms with van der Waals surface area (Å²) in [6.45, 7) is 4.58. The van der Waals surface area contributed by atoms with E-state index in [1.165, 1.54) is 0 Å². The van der Waals surface area contributed by atoms with Crippen molar-refractivity contribution in [2.75, 3.05) is 6.61 Å². The van der Waals surface area contributed by atoms with E-state index in [2.05, 4.69) is 19.1 Å². The van der Waals surface area contributed by atoms with Crippen molar-refractivity contribution in [3.05, 3.63) is 24.3 Å². The molecule has 168 valence electrons. The van der Waals surface area contributed by atoms with Crippen LogP contribution in [0, 0.1) is 11.8 Å². The molecule has 3 N–H and O–H groups in total. The average Bonchev–Trinajstić information content (AvgIpc) is 2.95. The normalized spacial score (nSPS) is 25.8. The monoisotopic (exact) mass is 410 g/mol. The summed E-state index contributed by atoms with van der Waals surface area (Å²) in [7, 11) is 0. The molecule has 5 nitrogen and oxygen atoms in total. The molecule has 1 rings (SSSR count). The molecule has 1 aliphatic carbocycles. The number of aliphatic hydroxyl groups excluding tert-OH is 3. The van der Waals surface area contributed by atoms with Crippen molar-refractivity contribution in [1.82, 2.24) is 0 Å². The molecule has 0 aliphatic heterocycles. The second-order valence-corrected chi connectivity index (χ2v) is 8.23. The lowest BCUT2D eigenvalue weighted by molar-refractivity contribution is -0.143. The molecule has 0 aromatic heterocycles. The second-order valence-electron chi connectivity index (χ2n) is 8.23. The van der Waals surface area contributed by atoms with Crippen LogP contribution in [0.1, 0.15) is 84.5 Å². The van der Waals surface area contributed by atoms with E-state index in [0.717, 1.165) is 51.4 Å². The Balaban J connectivity index is 2.32. The molecule has 1 aliphatic rings. The Morgan fingerprint density at radius 1 is 1.07 bits per heavy atom. The zero-order chi connectivity index (χ0) is 21.5. The van der Waals surface area contributed by atoms with E-state index >= 15 is 0 Å². The summed E-state index contributed by atoms with van der Waals surface area (Å²) in [6.07, 6.45) is 15.4.